The number of methoxy groups -OCH3 is 2. The van der Waals surface area contributed by atoms with Crippen molar-refractivity contribution in [3.8, 4) is 11.5 Å². The summed E-state index contributed by atoms with van der Waals surface area (Å²) >= 11 is 0. The second-order valence-corrected chi connectivity index (χ2v) is 6.88. The number of benzene rings is 1. The highest BCUT2D eigenvalue weighted by Gasteiger charge is 2.26. The zero-order valence-electron chi connectivity index (χ0n) is 16.0. The minimum absolute atomic E-state index is 0.0673. The number of ether oxygens (including phenoxy) is 3. The van der Waals surface area contributed by atoms with Gasteiger partial charge in [-0.2, -0.15) is 0 Å². The third-order valence-electron chi connectivity index (χ3n) is 4.91. The summed E-state index contributed by atoms with van der Waals surface area (Å²) in [4.78, 5) is 24.5. The lowest BCUT2D eigenvalue weighted by molar-refractivity contribution is -0.154. The molecule has 2 rings (SSSR count). The maximum Gasteiger partial charge on any atom is 0.311 e. The maximum atomic E-state index is 12.3. The first-order chi connectivity index (χ1) is 12.4. The first kappa shape index (κ1) is 20.1. The minimum Gasteiger partial charge on any atom is -0.493 e. The predicted molar refractivity (Wildman–Crippen MR) is 98.4 cm³/mol. The van der Waals surface area contributed by atoms with Crippen molar-refractivity contribution in [3.63, 3.8) is 0 Å². The average molecular weight is 363 g/mol. The van der Waals surface area contributed by atoms with Crippen LogP contribution in [-0.4, -0.2) is 38.2 Å². The molecule has 6 nitrogen and oxygen atoms in total. The SMILES string of the molecule is COc1ccc(CC(=O)O[C@H](C)C(=O)N[C@H]2CCCC[C@H]2C)cc1OC. The first-order valence-electron chi connectivity index (χ1n) is 9.15. The van der Waals surface area contributed by atoms with Gasteiger partial charge in [0.25, 0.3) is 5.91 Å². The van der Waals surface area contributed by atoms with Crippen LogP contribution in [-0.2, 0) is 20.7 Å². The van der Waals surface area contributed by atoms with Crippen LogP contribution in [0.4, 0.5) is 0 Å². The third kappa shape index (κ3) is 5.38. The molecule has 144 valence electrons. The molecule has 1 aromatic carbocycles. The Kier molecular flexibility index (Phi) is 7.30. The summed E-state index contributed by atoms with van der Waals surface area (Å²) in [6.45, 7) is 3.76. The van der Waals surface area contributed by atoms with Crippen molar-refractivity contribution in [1.29, 1.82) is 0 Å². The van der Waals surface area contributed by atoms with Gasteiger partial charge >= 0.3 is 5.97 Å². The fourth-order valence-electron chi connectivity index (χ4n) is 3.28. The summed E-state index contributed by atoms with van der Waals surface area (Å²) < 4.78 is 15.7. The Bertz CT molecular complexity index is 631. The van der Waals surface area contributed by atoms with Crippen molar-refractivity contribution >= 4 is 11.9 Å². The molecule has 0 saturated heterocycles. The summed E-state index contributed by atoms with van der Waals surface area (Å²) in [7, 11) is 3.10. The highest BCUT2D eigenvalue weighted by atomic mass is 16.5. The number of esters is 1. The molecule has 0 aliphatic heterocycles. The van der Waals surface area contributed by atoms with Crippen LogP contribution in [0.15, 0.2) is 18.2 Å². The molecular formula is C20H29NO5. The van der Waals surface area contributed by atoms with Crippen molar-refractivity contribution < 1.29 is 23.8 Å². The number of hydrogen-bond donors (Lipinski definition) is 1. The molecule has 0 spiro atoms. The topological polar surface area (TPSA) is 73.9 Å². The van der Waals surface area contributed by atoms with Gasteiger partial charge in [-0.1, -0.05) is 25.8 Å². The Morgan fingerprint density at radius 2 is 1.85 bits per heavy atom. The molecule has 1 amide bonds. The Balaban J connectivity index is 1.87. The van der Waals surface area contributed by atoms with Gasteiger partial charge in [-0.15, -0.1) is 0 Å². The van der Waals surface area contributed by atoms with Crippen LogP contribution in [0.25, 0.3) is 0 Å². The van der Waals surface area contributed by atoms with Crippen molar-refractivity contribution in [2.75, 3.05) is 14.2 Å². The zero-order valence-corrected chi connectivity index (χ0v) is 16.0. The van der Waals surface area contributed by atoms with Gasteiger partial charge in [-0.05, 0) is 43.4 Å². The normalized spacial score (nSPS) is 20.8. The van der Waals surface area contributed by atoms with Gasteiger partial charge in [0.15, 0.2) is 17.6 Å². The van der Waals surface area contributed by atoms with Crippen molar-refractivity contribution in [2.24, 2.45) is 5.92 Å². The van der Waals surface area contributed by atoms with Crippen LogP contribution in [0.3, 0.4) is 0 Å². The van der Waals surface area contributed by atoms with Gasteiger partial charge in [0.2, 0.25) is 0 Å². The molecule has 1 saturated carbocycles. The molecule has 1 aromatic rings. The molecule has 1 aliphatic rings. The van der Waals surface area contributed by atoms with E-state index in [-0.39, 0.29) is 18.4 Å². The molecule has 0 heterocycles. The quantitative estimate of drug-likeness (QED) is 0.754. The van der Waals surface area contributed by atoms with Crippen LogP contribution in [0, 0.1) is 5.92 Å². The Hall–Kier alpha value is -2.24. The minimum atomic E-state index is -0.809. The van der Waals surface area contributed by atoms with E-state index in [2.05, 4.69) is 12.2 Å². The molecular weight excluding hydrogens is 334 g/mol. The molecule has 1 aliphatic carbocycles. The summed E-state index contributed by atoms with van der Waals surface area (Å²) in [5.74, 6) is 0.928. The standard InChI is InChI=1S/C20H29NO5/c1-13-7-5-6-8-16(13)21-20(23)14(2)26-19(22)12-15-9-10-17(24-3)18(11-15)25-4/h9-11,13-14,16H,5-8,12H2,1-4H3,(H,21,23)/t13-,14-,16+/m1/s1. The van der Waals surface area contributed by atoms with Crippen LogP contribution in [0.5, 0.6) is 11.5 Å². The van der Waals surface area contributed by atoms with Gasteiger partial charge in [-0.25, -0.2) is 0 Å². The van der Waals surface area contributed by atoms with E-state index in [9.17, 15) is 9.59 Å². The number of rotatable bonds is 7. The predicted octanol–water partition coefficient (Wildman–Crippen LogP) is 2.87. The molecule has 6 heteroatoms. The van der Waals surface area contributed by atoms with E-state index in [1.165, 1.54) is 6.42 Å². The zero-order chi connectivity index (χ0) is 19.1. The highest BCUT2D eigenvalue weighted by Crippen LogP contribution is 2.28. The molecule has 3 atom stereocenters. The number of nitrogens with one attached hydrogen (secondary N) is 1. The van der Waals surface area contributed by atoms with Crippen LogP contribution >= 0.6 is 0 Å². The van der Waals surface area contributed by atoms with Gasteiger partial charge in [0, 0.05) is 6.04 Å². The van der Waals surface area contributed by atoms with Gasteiger partial charge in [-0.3, -0.25) is 9.59 Å². The lowest BCUT2D eigenvalue weighted by Crippen LogP contribution is -2.46. The summed E-state index contributed by atoms with van der Waals surface area (Å²) in [5.41, 5.74) is 0.737. The molecule has 0 radical (unpaired) electrons. The van der Waals surface area contributed by atoms with E-state index in [0.717, 1.165) is 24.8 Å². The summed E-state index contributed by atoms with van der Waals surface area (Å²) in [6, 6.07) is 5.41. The lowest BCUT2D eigenvalue weighted by atomic mass is 9.86. The smallest absolute Gasteiger partial charge is 0.311 e. The fraction of sp³-hybridized carbons (Fsp3) is 0.600. The number of carbonyl (C=O) groups is 2. The van der Waals surface area contributed by atoms with Crippen molar-refractivity contribution in [1.82, 2.24) is 5.32 Å². The average Bonchev–Trinajstić information content (AvgIpc) is 2.63. The monoisotopic (exact) mass is 363 g/mol. The number of carbonyl (C=O) groups excluding carboxylic acids is 2. The van der Waals surface area contributed by atoms with E-state index in [1.807, 2.05) is 0 Å². The number of amides is 1. The Labute approximate surface area is 155 Å². The fourth-order valence-corrected chi connectivity index (χ4v) is 3.28. The van der Waals surface area contributed by atoms with Crippen LogP contribution in [0.1, 0.15) is 45.1 Å². The second-order valence-electron chi connectivity index (χ2n) is 6.88. The van der Waals surface area contributed by atoms with Crippen molar-refractivity contribution in [2.45, 2.75) is 58.1 Å². The van der Waals surface area contributed by atoms with E-state index >= 15 is 0 Å². The summed E-state index contributed by atoms with van der Waals surface area (Å²) in [6.07, 6.45) is 3.71. The van der Waals surface area contributed by atoms with E-state index in [0.29, 0.717) is 17.4 Å². The van der Waals surface area contributed by atoms with E-state index in [1.54, 1.807) is 39.3 Å². The Morgan fingerprint density at radius 1 is 1.15 bits per heavy atom. The van der Waals surface area contributed by atoms with E-state index < -0.39 is 12.1 Å². The lowest BCUT2D eigenvalue weighted by Gasteiger charge is -2.30. The van der Waals surface area contributed by atoms with E-state index in [4.69, 9.17) is 14.2 Å². The van der Waals surface area contributed by atoms with Crippen LogP contribution in [0.2, 0.25) is 0 Å². The molecule has 1 fully saturated rings. The van der Waals surface area contributed by atoms with Crippen molar-refractivity contribution in [3.05, 3.63) is 23.8 Å². The van der Waals surface area contributed by atoms with Gasteiger partial charge in [0.1, 0.15) is 0 Å². The molecule has 1 N–H and O–H groups in total. The molecule has 0 unspecified atom stereocenters. The first-order valence-corrected chi connectivity index (χ1v) is 9.15. The van der Waals surface area contributed by atoms with Crippen LogP contribution < -0.4 is 14.8 Å². The summed E-state index contributed by atoms with van der Waals surface area (Å²) in [5, 5.41) is 3.02. The molecule has 26 heavy (non-hydrogen) atoms. The molecule has 0 aromatic heterocycles. The second kappa shape index (κ2) is 9.46. The maximum absolute atomic E-state index is 12.3. The van der Waals surface area contributed by atoms with Gasteiger partial charge < -0.3 is 19.5 Å². The molecule has 0 bridgehead atoms. The highest BCUT2D eigenvalue weighted by molar-refractivity contribution is 5.84. The van der Waals surface area contributed by atoms with Gasteiger partial charge in [0.05, 0.1) is 20.6 Å². The Morgan fingerprint density at radius 3 is 2.50 bits per heavy atom. The number of hydrogen-bond acceptors (Lipinski definition) is 5. The largest absolute Gasteiger partial charge is 0.493 e. The third-order valence-corrected chi connectivity index (χ3v) is 4.91.